The molecule has 1 N–H and O–H groups in total. The summed E-state index contributed by atoms with van der Waals surface area (Å²) in [5.41, 5.74) is 2.93. The third kappa shape index (κ3) is 3.35. The average Bonchev–Trinajstić information content (AvgIpc) is 2.31. The van der Waals surface area contributed by atoms with Gasteiger partial charge in [0.1, 0.15) is 5.75 Å². The van der Waals surface area contributed by atoms with Crippen LogP contribution in [0, 0.1) is 12.3 Å². The topological polar surface area (TPSA) is 21.3 Å². The lowest BCUT2D eigenvalue weighted by atomic mass is 9.87. The Labute approximate surface area is 114 Å². The van der Waals surface area contributed by atoms with E-state index in [1.807, 2.05) is 6.07 Å². The Bertz CT molecular complexity index is 417. The lowest BCUT2D eigenvalue weighted by molar-refractivity contribution is 0.358. The molecule has 1 aliphatic heterocycles. The molecule has 2 nitrogen and oxygen atoms in total. The molecule has 1 fully saturated rings. The van der Waals surface area contributed by atoms with Crippen molar-refractivity contribution in [3.63, 3.8) is 0 Å². The molecule has 0 saturated carbocycles. The van der Waals surface area contributed by atoms with E-state index in [0.717, 1.165) is 5.75 Å². The quantitative estimate of drug-likeness (QED) is 0.894. The van der Waals surface area contributed by atoms with E-state index in [-0.39, 0.29) is 0 Å². The first kappa shape index (κ1) is 13.6. The molecule has 3 heteroatoms. The van der Waals surface area contributed by atoms with E-state index in [2.05, 4.69) is 50.0 Å². The Hall–Kier alpha value is -0.830. The van der Waals surface area contributed by atoms with Crippen LogP contribution < -0.4 is 10.1 Å². The van der Waals surface area contributed by atoms with Crippen LogP contribution in [0.4, 0.5) is 5.69 Å². The second-order valence-corrected chi connectivity index (χ2v) is 6.94. The molecule has 0 radical (unpaired) electrons. The van der Waals surface area contributed by atoms with Crippen molar-refractivity contribution >= 4 is 17.4 Å². The Morgan fingerprint density at radius 1 is 1.39 bits per heavy atom. The van der Waals surface area contributed by atoms with Crippen molar-refractivity contribution in [1.82, 2.24) is 0 Å². The predicted octanol–water partition coefficient (Wildman–Crippen LogP) is 3.95. The summed E-state index contributed by atoms with van der Waals surface area (Å²) in [6.45, 7) is 6.85. The highest BCUT2D eigenvalue weighted by molar-refractivity contribution is 7.99. The second kappa shape index (κ2) is 5.43. The first-order chi connectivity index (χ1) is 8.50. The minimum atomic E-state index is 0.438. The first-order valence-electron chi connectivity index (χ1n) is 6.49. The van der Waals surface area contributed by atoms with Crippen LogP contribution >= 0.6 is 11.8 Å². The van der Waals surface area contributed by atoms with Crippen LogP contribution in [0.1, 0.15) is 25.8 Å². The lowest BCUT2D eigenvalue weighted by Crippen LogP contribution is -2.35. The lowest BCUT2D eigenvalue weighted by Gasteiger charge is -2.35. The van der Waals surface area contributed by atoms with Crippen molar-refractivity contribution in [2.75, 3.05) is 23.9 Å². The van der Waals surface area contributed by atoms with Crippen LogP contribution in [0.25, 0.3) is 0 Å². The van der Waals surface area contributed by atoms with Crippen LogP contribution in [0.2, 0.25) is 0 Å². The molecule has 0 spiro atoms. The third-order valence-corrected chi connectivity index (χ3v) is 5.04. The highest BCUT2D eigenvalue weighted by Gasteiger charge is 2.28. The zero-order valence-corrected chi connectivity index (χ0v) is 12.6. The third-order valence-electron chi connectivity index (χ3n) is 3.42. The Kier molecular flexibility index (Phi) is 4.10. The summed E-state index contributed by atoms with van der Waals surface area (Å²) in [5.74, 6) is 3.38. The summed E-state index contributed by atoms with van der Waals surface area (Å²) < 4.78 is 5.29. The molecule has 0 aromatic heterocycles. The molecule has 18 heavy (non-hydrogen) atoms. The minimum absolute atomic E-state index is 0.438. The zero-order chi connectivity index (χ0) is 13.2. The number of methoxy groups -OCH3 is 1. The van der Waals surface area contributed by atoms with Gasteiger partial charge in [0.15, 0.2) is 0 Å². The van der Waals surface area contributed by atoms with Crippen LogP contribution in [0.5, 0.6) is 5.75 Å². The van der Waals surface area contributed by atoms with Crippen LogP contribution in [-0.4, -0.2) is 24.7 Å². The summed E-state index contributed by atoms with van der Waals surface area (Å²) in [7, 11) is 1.72. The number of ether oxygens (including phenoxy) is 1. The smallest absolute Gasteiger partial charge is 0.120 e. The van der Waals surface area contributed by atoms with Gasteiger partial charge >= 0.3 is 0 Å². The van der Waals surface area contributed by atoms with Crippen molar-refractivity contribution in [3.8, 4) is 5.75 Å². The highest BCUT2D eigenvalue weighted by atomic mass is 32.2. The number of aryl methyl sites for hydroxylation is 1. The van der Waals surface area contributed by atoms with Gasteiger partial charge in [-0.2, -0.15) is 11.8 Å². The molecule has 1 heterocycles. The molecular formula is C15H23NOS. The Morgan fingerprint density at radius 3 is 2.83 bits per heavy atom. The fraction of sp³-hybridized carbons (Fsp3) is 0.600. The van der Waals surface area contributed by atoms with Gasteiger partial charge in [-0.15, -0.1) is 0 Å². The zero-order valence-electron chi connectivity index (χ0n) is 11.7. The van der Waals surface area contributed by atoms with E-state index in [1.165, 1.54) is 29.2 Å². The molecule has 1 aromatic carbocycles. The highest BCUT2D eigenvalue weighted by Crippen LogP contribution is 2.35. The van der Waals surface area contributed by atoms with Crippen molar-refractivity contribution in [1.29, 1.82) is 0 Å². The molecule has 2 rings (SSSR count). The monoisotopic (exact) mass is 265 g/mol. The SMILES string of the molecule is COc1ccc(C)c(NC2CSCC(C)(C)C2)c1. The van der Waals surface area contributed by atoms with Gasteiger partial charge in [-0.3, -0.25) is 0 Å². The standard InChI is InChI=1S/C15H23NOS/c1-11-5-6-13(17-4)7-14(11)16-12-8-15(2,3)10-18-9-12/h5-7,12,16H,8-10H2,1-4H3. The maximum absolute atomic E-state index is 5.29. The van der Waals surface area contributed by atoms with E-state index in [9.17, 15) is 0 Å². The van der Waals surface area contributed by atoms with E-state index < -0.39 is 0 Å². The van der Waals surface area contributed by atoms with Gasteiger partial charge in [-0.05, 0) is 36.1 Å². The van der Waals surface area contributed by atoms with Crippen molar-refractivity contribution in [2.24, 2.45) is 5.41 Å². The molecule has 100 valence electrons. The number of anilines is 1. The number of hydrogen-bond donors (Lipinski definition) is 1. The summed E-state index contributed by atoms with van der Waals surface area (Å²) in [4.78, 5) is 0. The van der Waals surface area contributed by atoms with Crippen LogP contribution in [0.15, 0.2) is 18.2 Å². The van der Waals surface area contributed by atoms with Gasteiger partial charge in [0.2, 0.25) is 0 Å². The maximum atomic E-state index is 5.29. The van der Waals surface area contributed by atoms with E-state index >= 15 is 0 Å². The Morgan fingerprint density at radius 2 is 2.17 bits per heavy atom. The number of thioether (sulfide) groups is 1. The van der Waals surface area contributed by atoms with Crippen LogP contribution in [-0.2, 0) is 0 Å². The van der Waals surface area contributed by atoms with Gasteiger partial charge in [-0.25, -0.2) is 0 Å². The largest absolute Gasteiger partial charge is 0.497 e. The van der Waals surface area contributed by atoms with Gasteiger partial charge in [0.25, 0.3) is 0 Å². The fourth-order valence-corrected chi connectivity index (χ4v) is 3.73. The van der Waals surface area contributed by atoms with E-state index in [0.29, 0.717) is 11.5 Å². The molecule has 1 aliphatic rings. The summed E-state index contributed by atoms with van der Waals surface area (Å²) in [6.07, 6.45) is 1.23. The van der Waals surface area contributed by atoms with Crippen molar-refractivity contribution in [3.05, 3.63) is 23.8 Å². The number of rotatable bonds is 3. The molecule has 1 unspecified atom stereocenters. The summed E-state index contributed by atoms with van der Waals surface area (Å²) >= 11 is 2.05. The second-order valence-electron chi connectivity index (χ2n) is 5.91. The normalized spacial score (nSPS) is 22.6. The first-order valence-corrected chi connectivity index (χ1v) is 7.64. The van der Waals surface area contributed by atoms with E-state index in [1.54, 1.807) is 7.11 Å². The summed E-state index contributed by atoms with van der Waals surface area (Å²) in [6, 6.07) is 6.79. The Balaban J connectivity index is 2.09. The van der Waals surface area contributed by atoms with E-state index in [4.69, 9.17) is 4.74 Å². The molecule has 1 atom stereocenters. The van der Waals surface area contributed by atoms with Gasteiger partial charge in [-0.1, -0.05) is 19.9 Å². The molecule has 0 bridgehead atoms. The van der Waals surface area contributed by atoms with Crippen LogP contribution in [0.3, 0.4) is 0 Å². The molecule has 0 aliphatic carbocycles. The van der Waals surface area contributed by atoms with Crippen molar-refractivity contribution in [2.45, 2.75) is 33.2 Å². The average molecular weight is 265 g/mol. The molecule has 0 amide bonds. The number of nitrogens with one attached hydrogen (secondary N) is 1. The number of hydrogen-bond acceptors (Lipinski definition) is 3. The fourth-order valence-electron chi connectivity index (χ4n) is 2.46. The molecule has 1 saturated heterocycles. The predicted molar refractivity (Wildman–Crippen MR) is 80.9 cm³/mol. The van der Waals surface area contributed by atoms with Gasteiger partial charge < -0.3 is 10.1 Å². The van der Waals surface area contributed by atoms with Gasteiger partial charge in [0, 0.05) is 23.5 Å². The molecular weight excluding hydrogens is 242 g/mol. The summed E-state index contributed by atoms with van der Waals surface area (Å²) in [5, 5.41) is 3.68. The number of benzene rings is 1. The minimum Gasteiger partial charge on any atom is -0.497 e. The molecule has 1 aromatic rings. The van der Waals surface area contributed by atoms with Crippen molar-refractivity contribution < 1.29 is 4.74 Å². The maximum Gasteiger partial charge on any atom is 0.120 e. The van der Waals surface area contributed by atoms with Gasteiger partial charge in [0.05, 0.1) is 7.11 Å².